The number of ketones is 2. The van der Waals surface area contributed by atoms with E-state index in [-0.39, 0.29) is 82.7 Å². The van der Waals surface area contributed by atoms with Gasteiger partial charge in [-0.2, -0.15) is 0 Å². The van der Waals surface area contributed by atoms with Gasteiger partial charge in [0.2, 0.25) is 0 Å². The lowest BCUT2D eigenvalue weighted by molar-refractivity contribution is -0.240. The van der Waals surface area contributed by atoms with Crippen molar-refractivity contribution in [2.45, 2.75) is 225 Å². The number of phenolic OH excluding ortho intramolecular Hbond substituents is 1. The Morgan fingerprint density at radius 1 is 0.859 bits per heavy atom. The van der Waals surface area contributed by atoms with Crippen LogP contribution in [0.25, 0.3) is 0 Å². The molecule has 12 rings (SSSR count). The summed E-state index contributed by atoms with van der Waals surface area (Å²) in [5.41, 5.74) is 11.4. The summed E-state index contributed by atoms with van der Waals surface area (Å²) in [7, 11) is 1.92. The molecular weight excluding hydrogens is 971 g/mol. The van der Waals surface area contributed by atoms with Gasteiger partial charge in [0.1, 0.15) is 17.6 Å². The minimum Gasteiger partial charge on any atom is -0.508 e. The Kier molecular flexibility index (Phi) is 14.2. The van der Waals surface area contributed by atoms with Gasteiger partial charge >= 0.3 is 0 Å². The average molecular weight is 1070 g/mol. The van der Waals surface area contributed by atoms with E-state index in [1.54, 1.807) is 0 Å². The molecule has 428 valence electrons. The Balaban J connectivity index is 0.962. The normalized spacial score (nSPS) is 45.4. The average Bonchev–Trinajstić information content (AvgIpc) is 3.91. The largest absolute Gasteiger partial charge is 0.508 e. The van der Waals surface area contributed by atoms with E-state index in [1.165, 1.54) is 16.7 Å². The summed E-state index contributed by atoms with van der Waals surface area (Å²) in [4.78, 5) is 32.3. The number of Topliss-reactive ketones (excluding diaryl/α,β-unsaturated/α-hetero) is 2. The first-order valence-electron chi connectivity index (χ1n) is 31.7. The molecule has 2 aromatic carbocycles. The van der Waals surface area contributed by atoms with E-state index in [0.29, 0.717) is 67.6 Å². The molecule has 2 aromatic rings. The van der Waals surface area contributed by atoms with Gasteiger partial charge in [0.15, 0.2) is 5.78 Å². The predicted molar refractivity (Wildman–Crippen MR) is 307 cm³/mol. The fourth-order valence-corrected chi connectivity index (χ4v) is 22.3. The van der Waals surface area contributed by atoms with Crippen LogP contribution >= 0.6 is 0 Å². The van der Waals surface area contributed by atoms with Crippen molar-refractivity contribution in [3.8, 4) is 5.75 Å². The molecule has 2 saturated heterocycles. The molecule has 6 saturated carbocycles. The summed E-state index contributed by atoms with van der Waals surface area (Å²) in [6.45, 7) is 17.4. The van der Waals surface area contributed by atoms with E-state index in [4.69, 9.17) is 10.5 Å². The number of phenols is 1. The second-order valence-corrected chi connectivity index (χ2v) is 30.0. The van der Waals surface area contributed by atoms with E-state index in [9.17, 15) is 20.4 Å². The zero-order valence-electron chi connectivity index (χ0n) is 49.0. The lowest BCUT2D eigenvalue weighted by Crippen LogP contribution is -2.74. The summed E-state index contributed by atoms with van der Waals surface area (Å²) >= 11 is 0. The first-order valence-corrected chi connectivity index (χ1v) is 31.7. The lowest BCUT2D eigenvalue weighted by Gasteiger charge is -2.75. The van der Waals surface area contributed by atoms with E-state index in [0.717, 1.165) is 132 Å². The van der Waals surface area contributed by atoms with Crippen molar-refractivity contribution in [2.75, 3.05) is 25.9 Å². The fraction of sp³-hybridized carbons (Fsp3) is 0.765. The van der Waals surface area contributed by atoms with Crippen LogP contribution in [0.1, 0.15) is 205 Å². The zero-order valence-corrected chi connectivity index (χ0v) is 49.0. The van der Waals surface area contributed by atoms with Crippen LogP contribution in [-0.2, 0) is 27.3 Å². The van der Waals surface area contributed by atoms with Crippen molar-refractivity contribution >= 4 is 17.3 Å². The number of aliphatic hydroxyl groups is 3. The summed E-state index contributed by atoms with van der Waals surface area (Å²) in [6, 6.07) is 12.5. The quantitative estimate of drug-likeness (QED) is 0.0846. The summed E-state index contributed by atoms with van der Waals surface area (Å²) in [5.74, 6) is 2.72. The number of nitrogen functional groups attached to an aromatic ring is 1. The van der Waals surface area contributed by atoms with E-state index >= 15 is 9.59 Å². The molecule has 78 heavy (non-hydrogen) atoms. The molecule has 8 aliphatic carbocycles. The topological polar surface area (TPSA) is 178 Å². The number of ether oxygens (including phenoxy) is 1. The van der Waals surface area contributed by atoms with Gasteiger partial charge in [-0.05, 0) is 252 Å². The Morgan fingerprint density at radius 2 is 1.62 bits per heavy atom. The highest BCUT2D eigenvalue weighted by molar-refractivity contribution is 6.03. The standard InChI is InChI=1S/C68H99N3O7/c1-38(2)24-40-25-43(30-46(69)27-40)48-12-11-13-52(48)67(7)62(78-67)56(74)32-50-49-29-39(36-72)14-15-42(49)16-17-45-18-19-54-59(75)58(50)53-20-21-57-65(5)33-51(44-26-41(35-70-8)28-47(73)31-44)61(76)64(4)23-10-9-22-63(3,77)37-71-55(60(64)65)34-68(45,57)66(53,54)6/h25-28,30-31,38-39,42,45,48-52,54-57,60,62,70-74,77H,9-24,29,32-37,69H2,1-8H3. The number of anilines is 1. The van der Waals surface area contributed by atoms with Crippen molar-refractivity contribution in [1.29, 1.82) is 0 Å². The van der Waals surface area contributed by atoms with E-state index in [1.807, 2.05) is 26.1 Å². The van der Waals surface area contributed by atoms with Gasteiger partial charge < -0.3 is 41.5 Å². The molecule has 5 bridgehead atoms. The van der Waals surface area contributed by atoms with E-state index in [2.05, 4.69) is 76.4 Å². The molecule has 20 atom stereocenters. The van der Waals surface area contributed by atoms with Crippen molar-refractivity contribution in [1.82, 2.24) is 10.6 Å². The third-order valence-corrected chi connectivity index (χ3v) is 25.2. The molecule has 1 spiro atoms. The Labute approximate surface area is 467 Å². The second kappa shape index (κ2) is 20.1. The SMILES string of the molecule is CNCc1cc(O)cc(C2CC3(C)C4C(CC56C7CCC8CCC(CO)CC8C(CC(O)C8OC8(C)C8CCCC8c8cc(N)cc(CC(C)C)c8)C8=C(CCC35)C6(C)C(CC7)C8=O)NCC(C)(O)CCCCC4(C)C2=O)c1. The first kappa shape index (κ1) is 55.4. The highest BCUT2D eigenvalue weighted by atomic mass is 16.6. The number of rotatable bonds is 11. The number of epoxide rings is 1. The maximum Gasteiger partial charge on any atom is 0.163 e. The fourth-order valence-electron chi connectivity index (χ4n) is 22.3. The second-order valence-electron chi connectivity index (χ2n) is 30.0. The smallest absolute Gasteiger partial charge is 0.163 e. The first-order chi connectivity index (χ1) is 37.1. The van der Waals surface area contributed by atoms with Crippen LogP contribution in [0.3, 0.4) is 0 Å². The number of benzene rings is 2. The predicted octanol–water partition coefficient (Wildman–Crippen LogP) is 11.5. The number of carbonyl (C=O) groups excluding carboxylic acids is 2. The number of β-amino-alcohol motifs (C(OH)–C–C–N with tert-alkyl or cyclic N) is 1. The minimum absolute atomic E-state index is 0.0293. The molecule has 8 fully saturated rings. The number of allylic oxidation sites excluding steroid dienone is 2. The Morgan fingerprint density at radius 3 is 2.38 bits per heavy atom. The number of carbonyl (C=O) groups is 2. The third-order valence-electron chi connectivity index (χ3n) is 25.2. The van der Waals surface area contributed by atoms with Crippen LogP contribution in [0.2, 0.25) is 0 Å². The van der Waals surface area contributed by atoms with Crippen molar-refractivity contribution < 1.29 is 34.8 Å². The number of fused-ring (bicyclic) bond motifs is 2. The summed E-state index contributed by atoms with van der Waals surface area (Å²) in [5, 5.41) is 54.7. The zero-order chi connectivity index (χ0) is 55.1. The maximum atomic E-state index is 16.4. The molecule has 20 unspecified atom stereocenters. The molecule has 10 nitrogen and oxygen atoms in total. The molecule has 8 N–H and O–H groups in total. The van der Waals surface area contributed by atoms with Crippen LogP contribution in [0.4, 0.5) is 5.69 Å². The van der Waals surface area contributed by atoms with Crippen molar-refractivity contribution in [3.63, 3.8) is 0 Å². The Bertz CT molecular complexity index is 2680. The van der Waals surface area contributed by atoms with Crippen LogP contribution in [0, 0.1) is 80.8 Å². The van der Waals surface area contributed by atoms with Gasteiger partial charge in [0.25, 0.3) is 0 Å². The van der Waals surface area contributed by atoms with E-state index < -0.39 is 28.1 Å². The number of nitrogens with two attached hydrogens (primary N) is 1. The Hall–Kier alpha value is -3.12. The number of nitrogens with one attached hydrogen (secondary N) is 2. The summed E-state index contributed by atoms with van der Waals surface area (Å²) in [6.07, 6.45) is 17.2. The third kappa shape index (κ3) is 8.63. The van der Waals surface area contributed by atoms with Gasteiger partial charge in [-0.25, -0.2) is 0 Å². The van der Waals surface area contributed by atoms with Crippen LogP contribution in [-0.4, -0.2) is 81.6 Å². The highest BCUT2D eigenvalue weighted by Gasteiger charge is 2.78. The molecular formula is C68H99N3O7. The number of hydrogen-bond donors (Lipinski definition) is 7. The van der Waals surface area contributed by atoms with Crippen LogP contribution in [0.5, 0.6) is 5.75 Å². The van der Waals surface area contributed by atoms with Gasteiger partial charge in [-0.15, -0.1) is 0 Å². The monoisotopic (exact) mass is 1070 g/mol. The van der Waals surface area contributed by atoms with Gasteiger partial charge in [0.05, 0.1) is 17.3 Å². The molecule has 10 heteroatoms. The molecule has 2 aliphatic heterocycles. The van der Waals surface area contributed by atoms with Gasteiger partial charge in [-0.3, -0.25) is 9.59 Å². The maximum absolute atomic E-state index is 16.4. The highest BCUT2D eigenvalue weighted by Crippen LogP contribution is 2.81. The number of hydrogen-bond acceptors (Lipinski definition) is 10. The molecule has 2 heterocycles. The van der Waals surface area contributed by atoms with Gasteiger partial charge in [0, 0.05) is 54.1 Å². The van der Waals surface area contributed by atoms with Crippen LogP contribution in [0.15, 0.2) is 47.5 Å². The van der Waals surface area contributed by atoms with Gasteiger partial charge in [-0.1, -0.05) is 71.6 Å². The number of aromatic hydroxyl groups is 1. The van der Waals surface area contributed by atoms with Crippen molar-refractivity contribution in [2.24, 2.45) is 80.8 Å². The lowest BCUT2D eigenvalue weighted by atomic mass is 9.29. The minimum atomic E-state index is -0.887. The van der Waals surface area contributed by atoms with Crippen LogP contribution < -0.4 is 16.4 Å². The molecule has 0 amide bonds. The molecule has 10 aliphatic rings. The summed E-state index contributed by atoms with van der Waals surface area (Å²) < 4.78 is 6.92. The molecule has 0 aromatic heterocycles. The number of aliphatic hydroxyl groups excluding tert-OH is 2. The van der Waals surface area contributed by atoms with Crippen molar-refractivity contribution in [3.05, 3.63) is 69.8 Å². The molecule has 0 radical (unpaired) electrons.